The van der Waals surface area contributed by atoms with Gasteiger partial charge in [-0.1, -0.05) is 0 Å². The van der Waals surface area contributed by atoms with Gasteiger partial charge in [-0.2, -0.15) is 0 Å². The van der Waals surface area contributed by atoms with Gasteiger partial charge in [-0.3, -0.25) is 24.0 Å². The lowest BCUT2D eigenvalue weighted by Crippen LogP contribution is -2.31. The number of rotatable bonds is 12. The summed E-state index contributed by atoms with van der Waals surface area (Å²) in [6.45, 7) is 0.321. The highest BCUT2D eigenvalue weighted by atomic mass is 31.2. The minimum atomic E-state index is -5.20. The lowest BCUT2D eigenvalue weighted by molar-refractivity contribution is -0.385. The lowest BCUT2D eigenvalue weighted by Gasteiger charge is -2.28. The molecule has 28 heavy (non-hydrogen) atoms. The normalized spacial score (nSPS) is 15.1. The molecular weight excluding hydrogens is 418 g/mol. The summed E-state index contributed by atoms with van der Waals surface area (Å²) in [5, 5.41) is 17.8. The number of aldehydes is 1. The molecule has 0 aromatic heterocycles. The third kappa shape index (κ3) is 6.46. The molecule has 0 spiro atoms. The van der Waals surface area contributed by atoms with Crippen molar-refractivity contribution in [3.8, 4) is 5.75 Å². The average molecular weight is 440 g/mol. The van der Waals surface area contributed by atoms with E-state index in [1.807, 2.05) is 0 Å². The maximum Gasteiger partial charge on any atom is 0.366 e. The maximum atomic E-state index is 11.3. The van der Waals surface area contributed by atoms with E-state index in [0.29, 0.717) is 19.3 Å². The van der Waals surface area contributed by atoms with Crippen molar-refractivity contribution in [3.05, 3.63) is 33.9 Å². The topological polar surface area (TPSA) is 188 Å². The van der Waals surface area contributed by atoms with Gasteiger partial charge in [0.15, 0.2) is 5.75 Å². The molecule has 0 saturated carbocycles. The first-order valence-corrected chi connectivity index (χ1v) is 11.0. The van der Waals surface area contributed by atoms with Gasteiger partial charge in [0, 0.05) is 31.1 Å². The van der Waals surface area contributed by atoms with Crippen LogP contribution >= 0.6 is 15.6 Å². The van der Waals surface area contributed by atoms with Gasteiger partial charge in [-0.15, -0.1) is 0 Å². The quantitative estimate of drug-likeness (QED) is 0.118. The van der Waals surface area contributed by atoms with E-state index in [-0.39, 0.29) is 30.2 Å². The molecule has 0 aliphatic carbocycles. The molecule has 0 radical (unpaired) electrons. The van der Waals surface area contributed by atoms with E-state index in [1.54, 1.807) is 11.9 Å². The highest BCUT2D eigenvalue weighted by Crippen LogP contribution is 2.61. The van der Waals surface area contributed by atoms with E-state index >= 15 is 0 Å². The molecule has 1 aromatic rings. The Morgan fingerprint density at radius 2 is 2.04 bits per heavy atom. The lowest BCUT2D eigenvalue weighted by atomic mass is 10.2. The highest BCUT2D eigenvalue weighted by molar-refractivity contribution is 7.66. The summed E-state index contributed by atoms with van der Waals surface area (Å²) in [7, 11) is -7.53. The van der Waals surface area contributed by atoms with Crippen LogP contribution in [0.25, 0.3) is 0 Å². The van der Waals surface area contributed by atoms with Gasteiger partial charge in [0.2, 0.25) is 13.1 Å². The summed E-state index contributed by atoms with van der Waals surface area (Å²) in [6.07, 6.45) is 0.235. The fourth-order valence-corrected chi connectivity index (χ4v) is 3.94. The van der Waals surface area contributed by atoms with Crippen LogP contribution < -0.4 is 4.74 Å². The third-order valence-corrected chi connectivity index (χ3v) is 7.49. The molecule has 0 bridgehead atoms. The van der Waals surface area contributed by atoms with Crippen molar-refractivity contribution in [2.24, 2.45) is 0 Å². The van der Waals surface area contributed by atoms with Crippen LogP contribution in [0.5, 0.6) is 5.75 Å². The molecule has 0 aliphatic rings. The number of ether oxygens (including phenoxy) is 1. The number of nitro groups is 1. The monoisotopic (exact) mass is 440 g/mol. The van der Waals surface area contributed by atoms with E-state index in [9.17, 15) is 29.1 Å². The molecule has 0 aliphatic heterocycles. The zero-order valence-electron chi connectivity index (χ0n) is 14.9. The molecular formula is C14H22N2O10P2. The van der Waals surface area contributed by atoms with Crippen molar-refractivity contribution in [2.75, 3.05) is 26.7 Å². The third-order valence-electron chi connectivity index (χ3n) is 3.92. The van der Waals surface area contributed by atoms with Crippen LogP contribution in [-0.4, -0.2) is 67.7 Å². The van der Waals surface area contributed by atoms with E-state index in [4.69, 9.17) is 19.4 Å². The van der Waals surface area contributed by atoms with E-state index in [0.717, 1.165) is 6.07 Å². The predicted molar refractivity (Wildman–Crippen MR) is 98.9 cm³/mol. The fourth-order valence-electron chi connectivity index (χ4n) is 2.22. The van der Waals surface area contributed by atoms with Crippen LogP contribution in [0.4, 0.5) is 5.69 Å². The summed E-state index contributed by atoms with van der Waals surface area (Å²) >= 11 is 0. The molecule has 0 fully saturated rings. The average Bonchev–Trinajstić information content (AvgIpc) is 2.61. The van der Waals surface area contributed by atoms with Crippen molar-refractivity contribution in [3.63, 3.8) is 0 Å². The molecule has 1 aromatic carbocycles. The van der Waals surface area contributed by atoms with Gasteiger partial charge in [0.05, 0.1) is 11.5 Å². The Morgan fingerprint density at radius 3 is 2.54 bits per heavy atom. The van der Waals surface area contributed by atoms with Crippen LogP contribution in [0.15, 0.2) is 18.2 Å². The van der Waals surface area contributed by atoms with Crippen molar-refractivity contribution in [1.82, 2.24) is 4.90 Å². The fraction of sp³-hybridized carbons (Fsp3) is 0.500. The van der Waals surface area contributed by atoms with Gasteiger partial charge >= 0.3 is 13.3 Å². The molecule has 0 saturated heterocycles. The van der Waals surface area contributed by atoms with Crippen molar-refractivity contribution in [1.29, 1.82) is 0 Å². The van der Waals surface area contributed by atoms with Gasteiger partial charge in [0.1, 0.15) is 6.29 Å². The first kappa shape index (κ1) is 24.4. The largest absolute Gasteiger partial charge is 0.487 e. The summed E-state index contributed by atoms with van der Waals surface area (Å²) in [6, 6.07) is 3.78. The first-order chi connectivity index (χ1) is 12.9. The molecule has 12 nitrogen and oxygen atoms in total. The zero-order valence-corrected chi connectivity index (χ0v) is 16.8. The van der Waals surface area contributed by atoms with Gasteiger partial charge < -0.3 is 29.4 Å². The maximum absolute atomic E-state index is 11.3. The molecule has 2 atom stereocenters. The van der Waals surface area contributed by atoms with Crippen molar-refractivity contribution < 1.29 is 43.4 Å². The van der Waals surface area contributed by atoms with E-state index < -0.39 is 32.1 Å². The highest BCUT2D eigenvalue weighted by Gasteiger charge is 2.50. The van der Waals surface area contributed by atoms with Crippen LogP contribution in [-0.2, 0) is 9.13 Å². The van der Waals surface area contributed by atoms with E-state index in [1.165, 1.54) is 12.1 Å². The molecule has 0 amide bonds. The smallest absolute Gasteiger partial charge is 0.366 e. The minimum Gasteiger partial charge on any atom is -0.487 e. The van der Waals surface area contributed by atoms with Crippen LogP contribution in [0.1, 0.15) is 23.2 Å². The Morgan fingerprint density at radius 1 is 1.39 bits per heavy atom. The van der Waals surface area contributed by atoms with Crippen LogP contribution in [0.3, 0.4) is 0 Å². The van der Waals surface area contributed by atoms with Crippen molar-refractivity contribution >= 4 is 27.6 Å². The van der Waals surface area contributed by atoms with Gasteiger partial charge in [-0.25, -0.2) is 0 Å². The number of nitrogens with zero attached hydrogens (tertiary/aromatic N) is 2. The number of carbonyl (C=O) groups excluding carboxylic acids is 1. The van der Waals surface area contributed by atoms with Gasteiger partial charge in [-0.05, 0) is 25.6 Å². The standard InChI is InChI=1S/C14H22N2O10P2/c1-15(7-5-14(18,27(21)22)28(23,24)25)6-2-8-26-13-4-3-11(10-17)9-12(13)16(19)20/h3-4,9-10,18,27H,2,5-8H2,1H3,(H,21,22)(H2,23,24,25). The first-order valence-electron chi connectivity index (χ1n) is 7.98. The Labute approximate surface area is 160 Å². The van der Waals surface area contributed by atoms with Crippen LogP contribution in [0, 0.1) is 10.1 Å². The Bertz CT molecular complexity index is 783. The Kier molecular flexibility index (Phi) is 8.90. The molecule has 2 unspecified atom stereocenters. The second-order valence-corrected chi connectivity index (χ2v) is 9.71. The molecule has 0 heterocycles. The van der Waals surface area contributed by atoms with Gasteiger partial charge in [0.25, 0.3) is 0 Å². The summed E-state index contributed by atoms with van der Waals surface area (Å²) in [5.74, 6) is -0.00648. The van der Waals surface area contributed by atoms with E-state index in [2.05, 4.69) is 0 Å². The van der Waals surface area contributed by atoms with Crippen LogP contribution in [0.2, 0.25) is 0 Å². The second-order valence-electron chi connectivity index (χ2n) is 6.02. The number of benzene rings is 1. The zero-order chi connectivity index (χ0) is 21.5. The SMILES string of the molecule is CN(CCCOc1ccc(C=O)cc1[N+](=O)[O-])CCC(O)([PH](=O)O)P(=O)(O)O. The molecule has 4 N–H and O–H groups in total. The number of carbonyl (C=O) groups is 1. The Hall–Kier alpha value is -1.65. The summed E-state index contributed by atoms with van der Waals surface area (Å²) in [4.78, 5) is 49.8. The molecule has 158 valence electrons. The predicted octanol–water partition coefficient (Wildman–Crippen LogP) is 0.789. The number of hydrogen-bond donors (Lipinski definition) is 4. The molecule has 14 heteroatoms. The summed E-state index contributed by atoms with van der Waals surface area (Å²) in [5.41, 5.74) is -0.211. The van der Waals surface area contributed by atoms with Crippen molar-refractivity contribution in [2.45, 2.75) is 17.9 Å². The number of hydrogen-bond acceptors (Lipinski definition) is 8. The minimum absolute atomic E-state index is 0.00648. The second kappa shape index (κ2) is 10.2. The Balaban J connectivity index is 2.55. The summed E-state index contributed by atoms with van der Waals surface area (Å²) < 4.78 is 27.8. The molecule has 1 rings (SSSR count). The number of aliphatic hydroxyl groups is 1. The number of nitro benzene ring substituents is 1.